The van der Waals surface area contributed by atoms with Gasteiger partial charge in [0.15, 0.2) is 33.3 Å². The fourth-order valence-corrected chi connectivity index (χ4v) is 33.8. The second kappa shape index (κ2) is 17.4. The molecule has 0 heterocycles. The molecule has 0 saturated carbocycles. The summed E-state index contributed by atoms with van der Waals surface area (Å²) in [5, 5.41) is 0. The van der Waals surface area contributed by atoms with E-state index in [1.165, 1.54) is 0 Å². The van der Waals surface area contributed by atoms with E-state index in [0.717, 1.165) is 0 Å². The van der Waals surface area contributed by atoms with Crippen LogP contribution in [0.4, 0.5) is 0 Å². The molecule has 10 nitrogen and oxygen atoms in total. The lowest BCUT2D eigenvalue weighted by Gasteiger charge is -2.47. The van der Waals surface area contributed by atoms with Crippen molar-refractivity contribution >= 4 is 71.4 Å². The average Bonchev–Trinajstić information content (AvgIpc) is 2.73. The zero-order valence-corrected chi connectivity index (χ0v) is 38.2. The highest BCUT2D eigenvalue weighted by Gasteiger charge is 2.56. The molecule has 0 aliphatic heterocycles. The summed E-state index contributed by atoms with van der Waals surface area (Å²) in [4.78, 5) is 24.2. The standard InChI is InChI=1S/C28H64O10Si7/c1-25(2)27(29)31-21-19-23-43(17,37-44(18,33-39(5,6)7)34-40(8,9)10)38-45(35-41(11,12)13,36-42(14,15)16)24-20-22-32-28(30)26(3)4/h1,3,19-24H2,2,4-18H3. The van der Waals surface area contributed by atoms with Gasteiger partial charge in [-0.05, 0) is 118 Å². The molecule has 0 N–H and O–H groups in total. The van der Waals surface area contributed by atoms with Crippen LogP contribution in [0.2, 0.25) is 104 Å². The molecule has 0 rings (SSSR count). The maximum Gasteiger partial charge on any atom is 0.471 e. The molecule has 0 aromatic rings. The van der Waals surface area contributed by atoms with Crippen LogP contribution in [0.5, 0.6) is 0 Å². The first-order chi connectivity index (χ1) is 19.9. The molecule has 0 amide bonds. The summed E-state index contributed by atoms with van der Waals surface area (Å²) in [6.07, 6.45) is 0.999. The number of esters is 2. The van der Waals surface area contributed by atoms with Crippen molar-refractivity contribution < 1.29 is 43.8 Å². The van der Waals surface area contributed by atoms with E-state index in [9.17, 15) is 9.59 Å². The minimum atomic E-state index is -3.46. The Labute approximate surface area is 282 Å². The Morgan fingerprint density at radius 3 is 1.13 bits per heavy atom. The van der Waals surface area contributed by atoms with Crippen LogP contribution < -0.4 is 0 Å². The molecule has 1 atom stereocenters. The maximum atomic E-state index is 12.1. The van der Waals surface area contributed by atoms with Crippen molar-refractivity contribution in [3.63, 3.8) is 0 Å². The summed E-state index contributed by atoms with van der Waals surface area (Å²) in [7, 11) is -18.6. The first-order valence-corrected chi connectivity index (χ1v) is 36.1. The van der Waals surface area contributed by atoms with Crippen molar-refractivity contribution in [3.8, 4) is 0 Å². The first kappa shape index (κ1) is 44.7. The Balaban J connectivity index is 6.87. The van der Waals surface area contributed by atoms with E-state index in [2.05, 4.69) is 91.7 Å². The molecule has 264 valence electrons. The van der Waals surface area contributed by atoms with E-state index < -0.39 is 71.4 Å². The molecule has 0 aromatic heterocycles. The molecular formula is C28H64O10Si7. The third kappa shape index (κ3) is 21.3. The molecule has 0 bridgehead atoms. The SMILES string of the molecule is C=C(C)C(=O)OCCC[Si](C)(O[Si](C)(O[Si](C)(C)C)O[Si](C)(C)C)O[Si](CCCOC(=O)C(=C)C)(O[Si](C)(C)C)O[Si](C)(C)C. The van der Waals surface area contributed by atoms with E-state index in [1.54, 1.807) is 13.8 Å². The molecule has 0 aliphatic carbocycles. The third-order valence-corrected chi connectivity index (χ3v) is 28.9. The summed E-state index contributed by atoms with van der Waals surface area (Å²) in [6.45, 7) is 40.4. The lowest BCUT2D eigenvalue weighted by molar-refractivity contribution is -0.139. The molecule has 17 heteroatoms. The van der Waals surface area contributed by atoms with Gasteiger partial charge in [-0.25, -0.2) is 9.59 Å². The Hall–Kier alpha value is -0.302. The third-order valence-electron chi connectivity index (χ3n) is 5.25. The molecule has 45 heavy (non-hydrogen) atoms. The van der Waals surface area contributed by atoms with Crippen LogP contribution in [0.15, 0.2) is 24.3 Å². The van der Waals surface area contributed by atoms with E-state index in [4.69, 9.17) is 34.2 Å². The van der Waals surface area contributed by atoms with Gasteiger partial charge in [0.2, 0.25) is 0 Å². The van der Waals surface area contributed by atoms with Crippen molar-refractivity contribution in [1.82, 2.24) is 0 Å². The summed E-state index contributed by atoms with van der Waals surface area (Å²) in [5.74, 6) is -0.859. The zero-order chi connectivity index (χ0) is 35.7. The molecule has 1 unspecified atom stereocenters. The van der Waals surface area contributed by atoms with Crippen LogP contribution >= 0.6 is 0 Å². The van der Waals surface area contributed by atoms with E-state index in [-0.39, 0.29) is 13.2 Å². The van der Waals surface area contributed by atoms with Crippen LogP contribution in [-0.2, 0) is 43.8 Å². The van der Waals surface area contributed by atoms with Gasteiger partial charge < -0.3 is 34.2 Å². The van der Waals surface area contributed by atoms with Crippen LogP contribution in [0, 0.1) is 0 Å². The summed E-state index contributed by atoms with van der Waals surface area (Å²) in [6, 6.07) is 0.941. The Morgan fingerprint density at radius 2 is 0.822 bits per heavy atom. The number of hydrogen-bond donors (Lipinski definition) is 0. The number of carbonyl (C=O) groups excluding carboxylic acids is 2. The Bertz CT molecular complexity index is 981. The molecular weight excluding hydrogens is 693 g/mol. The van der Waals surface area contributed by atoms with Gasteiger partial charge in [-0.2, -0.15) is 0 Å². The average molecular weight is 757 g/mol. The van der Waals surface area contributed by atoms with Gasteiger partial charge in [0.1, 0.15) is 0 Å². The second-order valence-corrected chi connectivity index (χ2v) is 43.9. The van der Waals surface area contributed by atoms with Crippen LogP contribution in [0.3, 0.4) is 0 Å². The van der Waals surface area contributed by atoms with Gasteiger partial charge >= 0.3 is 38.1 Å². The number of hydrogen-bond acceptors (Lipinski definition) is 10. The molecule has 0 spiro atoms. The summed E-state index contributed by atoms with van der Waals surface area (Å²) >= 11 is 0. The largest absolute Gasteiger partial charge is 0.471 e. The highest BCUT2D eigenvalue weighted by atomic mass is 28.5. The highest BCUT2D eigenvalue weighted by molar-refractivity contribution is 6.93. The monoisotopic (exact) mass is 756 g/mol. The lowest BCUT2D eigenvalue weighted by atomic mass is 10.4. The predicted molar refractivity (Wildman–Crippen MR) is 199 cm³/mol. The van der Waals surface area contributed by atoms with Crippen LogP contribution in [0.25, 0.3) is 0 Å². The van der Waals surface area contributed by atoms with Crippen LogP contribution in [-0.4, -0.2) is 84.6 Å². The molecule has 0 saturated heterocycles. The Kier molecular flexibility index (Phi) is 17.3. The quantitative estimate of drug-likeness (QED) is 0.0467. The van der Waals surface area contributed by atoms with E-state index >= 15 is 0 Å². The zero-order valence-electron chi connectivity index (χ0n) is 31.2. The van der Waals surface area contributed by atoms with Crippen LogP contribution in [0.1, 0.15) is 26.7 Å². The minimum absolute atomic E-state index is 0.188. The van der Waals surface area contributed by atoms with Crippen molar-refractivity contribution in [1.29, 1.82) is 0 Å². The van der Waals surface area contributed by atoms with Crippen molar-refractivity contribution in [2.45, 2.75) is 130 Å². The van der Waals surface area contributed by atoms with Gasteiger partial charge in [-0.15, -0.1) is 0 Å². The van der Waals surface area contributed by atoms with Crippen molar-refractivity contribution in [3.05, 3.63) is 24.3 Å². The fraction of sp³-hybridized carbons (Fsp3) is 0.786. The van der Waals surface area contributed by atoms with Gasteiger partial charge in [0, 0.05) is 23.7 Å². The summed E-state index contributed by atoms with van der Waals surface area (Å²) in [5.41, 5.74) is 0.696. The van der Waals surface area contributed by atoms with Gasteiger partial charge in [-0.1, -0.05) is 13.2 Å². The van der Waals surface area contributed by atoms with E-state index in [0.29, 0.717) is 36.1 Å². The molecule has 0 fully saturated rings. The lowest BCUT2D eigenvalue weighted by Crippen LogP contribution is -2.66. The fourth-order valence-electron chi connectivity index (χ4n) is 4.43. The van der Waals surface area contributed by atoms with Crippen molar-refractivity contribution in [2.75, 3.05) is 13.2 Å². The van der Waals surface area contributed by atoms with Crippen molar-refractivity contribution in [2.24, 2.45) is 0 Å². The topological polar surface area (TPSA) is 108 Å². The predicted octanol–water partition coefficient (Wildman–Crippen LogP) is 8.02. The smallest absolute Gasteiger partial charge is 0.462 e. The Morgan fingerprint density at radius 1 is 0.489 bits per heavy atom. The minimum Gasteiger partial charge on any atom is -0.462 e. The number of rotatable bonds is 22. The van der Waals surface area contributed by atoms with E-state index in [1.807, 2.05) is 13.1 Å². The van der Waals surface area contributed by atoms with Gasteiger partial charge in [0.05, 0.1) is 13.2 Å². The summed E-state index contributed by atoms with van der Waals surface area (Å²) < 4.78 is 52.7. The molecule has 0 radical (unpaired) electrons. The first-order valence-electron chi connectivity index (χ1n) is 15.8. The number of carbonyl (C=O) groups is 2. The molecule has 0 aromatic carbocycles. The highest BCUT2D eigenvalue weighted by Crippen LogP contribution is 2.35. The van der Waals surface area contributed by atoms with Gasteiger partial charge in [0.25, 0.3) is 0 Å². The normalized spacial score (nSPS) is 14.9. The van der Waals surface area contributed by atoms with Gasteiger partial charge in [-0.3, -0.25) is 0 Å². The maximum absolute atomic E-state index is 12.1. The number of ether oxygens (including phenoxy) is 2. The second-order valence-electron chi connectivity index (χ2n) is 15.8. The molecule has 0 aliphatic rings.